The second kappa shape index (κ2) is 4.45. The number of carboxylic acid groups (broad SMARTS) is 1. The summed E-state index contributed by atoms with van der Waals surface area (Å²) in [4.78, 5) is 23.1. The number of hydrogen-bond acceptors (Lipinski definition) is 3. The molecule has 5 heteroatoms. The van der Waals surface area contributed by atoms with E-state index in [1.54, 1.807) is 13.1 Å². The van der Waals surface area contributed by atoms with Crippen LogP contribution in [-0.4, -0.2) is 35.5 Å². The van der Waals surface area contributed by atoms with Crippen molar-refractivity contribution >= 4 is 11.9 Å². The van der Waals surface area contributed by atoms with Crippen molar-refractivity contribution in [1.29, 1.82) is 0 Å². The maximum atomic E-state index is 11.5. The van der Waals surface area contributed by atoms with E-state index >= 15 is 0 Å². The summed E-state index contributed by atoms with van der Waals surface area (Å²) in [6.07, 6.45) is 2.68. The molecule has 14 heavy (non-hydrogen) atoms. The molecule has 0 spiro atoms. The van der Waals surface area contributed by atoms with Crippen LogP contribution in [0.1, 0.15) is 16.8 Å². The molecule has 1 rings (SSSR count). The second-order valence-electron chi connectivity index (χ2n) is 2.88. The monoisotopic (exact) mass is 197 g/mol. The van der Waals surface area contributed by atoms with Gasteiger partial charge in [-0.25, -0.2) is 0 Å². The minimum Gasteiger partial charge on any atom is -0.481 e. The number of rotatable bonds is 4. The number of carbonyl (C=O) groups excluding carboxylic acids is 1. The van der Waals surface area contributed by atoms with Crippen molar-refractivity contribution in [3.8, 4) is 0 Å². The SMILES string of the molecule is CN(CCC(=O)O)C(=O)c1ccoc1. The van der Waals surface area contributed by atoms with Gasteiger partial charge in [0.05, 0.1) is 18.2 Å². The van der Waals surface area contributed by atoms with E-state index in [1.165, 1.54) is 17.4 Å². The summed E-state index contributed by atoms with van der Waals surface area (Å²) < 4.78 is 4.75. The van der Waals surface area contributed by atoms with Crippen LogP contribution in [0.5, 0.6) is 0 Å². The molecule has 1 N–H and O–H groups in total. The van der Waals surface area contributed by atoms with E-state index in [0.717, 1.165) is 0 Å². The molecule has 0 aliphatic heterocycles. The van der Waals surface area contributed by atoms with Crippen LogP contribution in [0.3, 0.4) is 0 Å². The molecule has 0 aliphatic carbocycles. The minimum absolute atomic E-state index is 0.0555. The molecular formula is C9H11NO4. The topological polar surface area (TPSA) is 70.8 Å². The van der Waals surface area contributed by atoms with E-state index in [9.17, 15) is 9.59 Å². The van der Waals surface area contributed by atoms with Crippen LogP contribution in [0.25, 0.3) is 0 Å². The third-order valence-corrected chi connectivity index (χ3v) is 1.78. The van der Waals surface area contributed by atoms with Crippen LogP contribution in [0.2, 0.25) is 0 Å². The molecule has 0 aliphatic rings. The lowest BCUT2D eigenvalue weighted by molar-refractivity contribution is -0.137. The van der Waals surface area contributed by atoms with Crippen LogP contribution in [0.15, 0.2) is 23.0 Å². The standard InChI is InChI=1S/C9H11NO4/c1-10(4-2-8(11)12)9(13)7-3-5-14-6-7/h3,5-6H,2,4H2,1H3,(H,11,12). The fourth-order valence-electron chi connectivity index (χ4n) is 0.971. The molecule has 1 amide bonds. The van der Waals surface area contributed by atoms with Gasteiger partial charge in [-0.05, 0) is 6.07 Å². The molecule has 0 fully saturated rings. The van der Waals surface area contributed by atoms with Crippen molar-refractivity contribution in [3.05, 3.63) is 24.2 Å². The molecule has 0 atom stereocenters. The number of carbonyl (C=O) groups is 2. The molecule has 1 aromatic heterocycles. The van der Waals surface area contributed by atoms with E-state index in [1.807, 2.05) is 0 Å². The van der Waals surface area contributed by atoms with Gasteiger partial charge in [0, 0.05) is 13.6 Å². The summed E-state index contributed by atoms with van der Waals surface area (Å²) in [5.41, 5.74) is 0.429. The van der Waals surface area contributed by atoms with Crippen molar-refractivity contribution in [3.63, 3.8) is 0 Å². The van der Waals surface area contributed by atoms with E-state index < -0.39 is 5.97 Å². The average molecular weight is 197 g/mol. The first-order chi connectivity index (χ1) is 6.61. The Kier molecular flexibility index (Phi) is 3.28. The number of aliphatic carboxylic acids is 1. The summed E-state index contributed by atoms with van der Waals surface area (Å²) in [6, 6.07) is 1.54. The molecular weight excluding hydrogens is 186 g/mol. The zero-order valence-electron chi connectivity index (χ0n) is 7.77. The fourth-order valence-corrected chi connectivity index (χ4v) is 0.971. The molecule has 0 saturated carbocycles. The second-order valence-corrected chi connectivity index (χ2v) is 2.88. The zero-order chi connectivity index (χ0) is 10.6. The Bertz CT molecular complexity index is 318. The highest BCUT2D eigenvalue weighted by Gasteiger charge is 2.13. The number of furan rings is 1. The van der Waals surface area contributed by atoms with Gasteiger partial charge in [-0.1, -0.05) is 0 Å². The van der Waals surface area contributed by atoms with Crippen molar-refractivity contribution in [2.45, 2.75) is 6.42 Å². The largest absolute Gasteiger partial charge is 0.481 e. The first-order valence-corrected chi connectivity index (χ1v) is 4.10. The maximum absolute atomic E-state index is 11.5. The zero-order valence-corrected chi connectivity index (χ0v) is 7.77. The lowest BCUT2D eigenvalue weighted by Crippen LogP contribution is -2.28. The maximum Gasteiger partial charge on any atom is 0.305 e. The summed E-state index contributed by atoms with van der Waals surface area (Å²) >= 11 is 0. The summed E-state index contributed by atoms with van der Waals surface area (Å²) in [7, 11) is 1.55. The van der Waals surface area contributed by atoms with Crippen LogP contribution in [-0.2, 0) is 4.79 Å². The van der Waals surface area contributed by atoms with E-state index in [-0.39, 0.29) is 18.9 Å². The Morgan fingerprint density at radius 3 is 2.79 bits per heavy atom. The summed E-state index contributed by atoms with van der Waals surface area (Å²) in [5, 5.41) is 8.42. The lowest BCUT2D eigenvalue weighted by Gasteiger charge is -2.14. The number of carboxylic acids is 1. The van der Waals surface area contributed by atoms with Gasteiger partial charge in [0.2, 0.25) is 0 Å². The molecule has 1 heterocycles. The van der Waals surface area contributed by atoms with Gasteiger partial charge < -0.3 is 14.4 Å². The van der Waals surface area contributed by atoms with Crippen molar-refractivity contribution in [2.75, 3.05) is 13.6 Å². The highest BCUT2D eigenvalue weighted by molar-refractivity contribution is 5.93. The lowest BCUT2D eigenvalue weighted by atomic mass is 10.3. The molecule has 0 unspecified atom stereocenters. The first kappa shape index (κ1) is 10.3. The smallest absolute Gasteiger partial charge is 0.305 e. The number of amides is 1. The van der Waals surface area contributed by atoms with Crippen molar-refractivity contribution in [2.24, 2.45) is 0 Å². The van der Waals surface area contributed by atoms with Gasteiger partial charge in [0.1, 0.15) is 6.26 Å². The van der Waals surface area contributed by atoms with Gasteiger partial charge in [0.15, 0.2) is 0 Å². The number of nitrogens with zero attached hydrogens (tertiary/aromatic N) is 1. The minimum atomic E-state index is -0.920. The van der Waals surface area contributed by atoms with Gasteiger partial charge in [-0.3, -0.25) is 9.59 Å². The molecule has 5 nitrogen and oxygen atoms in total. The van der Waals surface area contributed by atoms with Gasteiger partial charge >= 0.3 is 5.97 Å². The predicted octanol–water partition coefficient (Wildman–Crippen LogP) is 0.826. The van der Waals surface area contributed by atoms with E-state index in [4.69, 9.17) is 9.52 Å². The fraction of sp³-hybridized carbons (Fsp3) is 0.333. The van der Waals surface area contributed by atoms with Crippen LogP contribution in [0.4, 0.5) is 0 Å². The predicted molar refractivity (Wildman–Crippen MR) is 47.9 cm³/mol. The Morgan fingerprint density at radius 2 is 2.29 bits per heavy atom. The van der Waals surface area contributed by atoms with Crippen molar-refractivity contribution in [1.82, 2.24) is 4.90 Å². The molecule has 1 aromatic rings. The van der Waals surface area contributed by atoms with E-state index in [0.29, 0.717) is 5.56 Å². The molecule has 0 aromatic carbocycles. The third-order valence-electron chi connectivity index (χ3n) is 1.78. The number of hydrogen-bond donors (Lipinski definition) is 1. The molecule has 76 valence electrons. The average Bonchev–Trinajstić information content (AvgIpc) is 2.65. The Balaban J connectivity index is 2.49. The molecule has 0 bridgehead atoms. The van der Waals surface area contributed by atoms with Crippen LogP contribution >= 0.6 is 0 Å². The molecule has 0 radical (unpaired) electrons. The van der Waals surface area contributed by atoms with E-state index in [2.05, 4.69) is 0 Å². The van der Waals surface area contributed by atoms with Crippen LogP contribution in [0, 0.1) is 0 Å². The Hall–Kier alpha value is -1.78. The first-order valence-electron chi connectivity index (χ1n) is 4.10. The quantitative estimate of drug-likeness (QED) is 0.775. The third kappa shape index (κ3) is 2.62. The highest BCUT2D eigenvalue weighted by Crippen LogP contribution is 2.04. The van der Waals surface area contributed by atoms with Gasteiger partial charge in [0.25, 0.3) is 5.91 Å². The van der Waals surface area contributed by atoms with Crippen molar-refractivity contribution < 1.29 is 19.1 Å². The normalized spacial score (nSPS) is 9.79. The highest BCUT2D eigenvalue weighted by atomic mass is 16.4. The Morgan fingerprint density at radius 1 is 1.57 bits per heavy atom. The van der Waals surface area contributed by atoms with Crippen LogP contribution < -0.4 is 0 Å². The van der Waals surface area contributed by atoms with Gasteiger partial charge in [-0.2, -0.15) is 0 Å². The summed E-state index contributed by atoms with van der Waals surface area (Å²) in [5.74, 6) is -1.16. The molecule has 0 saturated heterocycles. The van der Waals surface area contributed by atoms with Gasteiger partial charge in [-0.15, -0.1) is 0 Å². The summed E-state index contributed by atoms with van der Waals surface area (Å²) in [6.45, 7) is 0.194. The Labute approximate surface area is 80.9 Å².